The van der Waals surface area contributed by atoms with Gasteiger partial charge in [-0.1, -0.05) is 88.9 Å². The number of halogens is 10. The summed E-state index contributed by atoms with van der Waals surface area (Å²) in [5.41, 5.74) is -1.13. The van der Waals surface area contributed by atoms with Gasteiger partial charge in [0.25, 0.3) is 0 Å². The van der Waals surface area contributed by atoms with Crippen molar-refractivity contribution >= 4 is 87.2 Å². The maximum absolute atomic E-state index is 15.0. The van der Waals surface area contributed by atoms with E-state index in [1.807, 2.05) is 0 Å². The molecule has 0 saturated heterocycles. The van der Waals surface area contributed by atoms with Crippen LogP contribution in [0.2, 0.25) is 20.1 Å². The summed E-state index contributed by atoms with van der Waals surface area (Å²) in [4.78, 5) is 50.7. The number of Topliss-reactive ketones (excluding diaryl/α,β-unsaturated/α-hetero) is 1. The summed E-state index contributed by atoms with van der Waals surface area (Å²) in [7, 11) is 0. The summed E-state index contributed by atoms with van der Waals surface area (Å²) in [6, 6.07) is 24.0. The molecule has 6 nitrogen and oxygen atoms in total. The molecule has 1 atom stereocenters. The van der Waals surface area contributed by atoms with Gasteiger partial charge >= 0.3 is 24.3 Å². The zero-order valence-corrected chi connectivity index (χ0v) is 41.8. The van der Waals surface area contributed by atoms with E-state index in [0.29, 0.717) is 34.5 Å². The van der Waals surface area contributed by atoms with Crippen molar-refractivity contribution in [2.45, 2.75) is 95.9 Å². The van der Waals surface area contributed by atoms with Crippen LogP contribution >= 0.6 is 58.2 Å². The standard InChI is InChI=1S/C29H27Cl2F3O3S.C22H19Cl2F3O3/c1-18-12-20(10-11-24(18)26(36)37-27(2,3)4)25(35)16-28(29(32,33)34,21-13-22(30)15-23(31)14-21)38-17-19-8-6-5-7-9-19;1-12-7-13(5-6-17(12)20(29)30-21(2,3)4)19(28)11-18(22(25,26)27)14-8-15(23)10-16(24)9-14/h5-15H,16-17H2,1-4H3;5-11H,1-4H3/b;18-11+. The minimum Gasteiger partial charge on any atom is -0.456 e. The van der Waals surface area contributed by atoms with Gasteiger partial charge in [0.1, 0.15) is 15.9 Å². The summed E-state index contributed by atoms with van der Waals surface area (Å²) >= 11 is 24.4. The number of ketones is 2. The second-order valence-corrected chi connectivity index (χ2v) is 20.5. The first-order valence-corrected chi connectivity index (χ1v) is 23.0. The molecule has 362 valence electrons. The van der Waals surface area contributed by atoms with E-state index in [4.69, 9.17) is 55.9 Å². The summed E-state index contributed by atoms with van der Waals surface area (Å²) in [6.07, 6.45) is -10.0. The Hall–Kier alpha value is -4.79. The Bertz CT molecular complexity index is 2670. The van der Waals surface area contributed by atoms with E-state index < -0.39 is 63.8 Å². The Morgan fingerprint density at radius 1 is 0.574 bits per heavy atom. The quantitative estimate of drug-likeness (QED) is 0.0532. The molecule has 0 radical (unpaired) electrons. The number of hydrogen-bond donors (Lipinski definition) is 0. The molecule has 0 amide bonds. The molecular weight excluding hydrogens is 996 g/mol. The van der Waals surface area contributed by atoms with Crippen molar-refractivity contribution < 1.29 is 55.0 Å². The number of aryl methyl sites for hydroxylation is 2. The van der Waals surface area contributed by atoms with Gasteiger partial charge in [-0.3, -0.25) is 9.59 Å². The molecule has 0 aliphatic heterocycles. The van der Waals surface area contributed by atoms with Crippen LogP contribution in [0.5, 0.6) is 0 Å². The monoisotopic (exact) mass is 1040 g/mol. The minimum atomic E-state index is -4.83. The number of hydrogen-bond acceptors (Lipinski definition) is 7. The van der Waals surface area contributed by atoms with Gasteiger partial charge < -0.3 is 9.47 Å². The molecule has 0 saturated carbocycles. The number of rotatable bonds is 12. The third kappa shape index (κ3) is 15.6. The number of ether oxygens (including phenoxy) is 2. The summed E-state index contributed by atoms with van der Waals surface area (Å²) < 4.78 is 93.8. The molecule has 5 aromatic rings. The second kappa shape index (κ2) is 22.3. The molecule has 0 aromatic heterocycles. The zero-order chi connectivity index (χ0) is 51.2. The average molecular weight is 1040 g/mol. The van der Waals surface area contributed by atoms with Crippen molar-refractivity contribution in [1.82, 2.24) is 0 Å². The highest BCUT2D eigenvalue weighted by Crippen LogP contribution is 2.54. The van der Waals surface area contributed by atoms with Gasteiger partial charge in [0, 0.05) is 43.4 Å². The lowest BCUT2D eigenvalue weighted by molar-refractivity contribution is -0.161. The van der Waals surface area contributed by atoms with Crippen molar-refractivity contribution in [3.05, 3.63) is 179 Å². The molecule has 0 spiro atoms. The Morgan fingerprint density at radius 2 is 1.01 bits per heavy atom. The fourth-order valence-electron chi connectivity index (χ4n) is 6.51. The van der Waals surface area contributed by atoms with Gasteiger partial charge in [-0.25, -0.2) is 9.59 Å². The fourth-order valence-corrected chi connectivity index (χ4v) is 8.85. The zero-order valence-electron chi connectivity index (χ0n) is 37.9. The van der Waals surface area contributed by atoms with Gasteiger partial charge in [0.05, 0.1) is 16.7 Å². The lowest BCUT2D eigenvalue weighted by Crippen LogP contribution is -2.41. The summed E-state index contributed by atoms with van der Waals surface area (Å²) in [6.45, 7) is 13.5. The number of benzene rings is 5. The van der Waals surface area contributed by atoms with Crippen LogP contribution in [0, 0.1) is 13.8 Å². The Morgan fingerprint density at radius 3 is 1.44 bits per heavy atom. The Kier molecular flexibility index (Phi) is 18.3. The first kappa shape index (κ1) is 55.8. The van der Waals surface area contributed by atoms with E-state index >= 15 is 0 Å². The number of carbonyl (C=O) groups is 4. The van der Waals surface area contributed by atoms with Crippen molar-refractivity contribution in [1.29, 1.82) is 0 Å². The molecule has 5 rings (SSSR count). The maximum Gasteiger partial charge on any atom is 0.417 e. The number of alkyl halides is 6. The molecular formula is C51H46Cl4F6O6S. The van der Waals surface area contributed by atoms with Gasteiger partial charge in [-0.15, -0.1) is 11.8 Å². The van der Waals surface area contributed by atoms with Crippen LogP contribution in [0.15, 0.2) is 109 Å². The molecule has 0 aliphatic rings. The maximum atomic E-state index is 15.0. The topological polar surface area (TPSA) is 86.7 Å². The molecule has 5 aromatic carbocycles. The molecule has 0 N–H and O–H groups in total. The van der Waals surface area contributed by atoms with Crippen LogP contribution in [0.1, 0.15) is 117 Å². The predicted molar refractivity (Wildman–Crippen MR) is 258 cm³/mol. The van der Waals surface area contributed by atoms with Crippen molar-refractivity contribution in [3.63, 3.8) is 0 Å². The average Bonchev–Trinajstić information content (AvgIpc) is 3.18. The Labute approximate surface area is 415 Å². The molecule has 0 heterocycles. The van der Waals surface area contributed by atoms with E-state index in [-0.39, 0.29) is 59.2 Å². The van der Waals surface area contributed by atoms with E-state index in [1.165, 1.54) is 60.7 Å². The summed E-state index contributed by atoms with van der Waals surface area (Å²) in [5, 5.41) is 0.0909. The molecule has 68 heavy (non-hydrogen) atoms. The molecule has 17 heteroatoms. The highest BCUT2D eigenvalue weighted by Gasteiger charge is 2.57. The van der Waals surface area contributed by atoms with Crippen LogP contribution in [-0.4, -0.2) is 47.1 Å². The van der Waals surface area contributed by atoms with E-state index in [2.05, 4.69) is 0 Å². The Balaban J connectivity index is 0.000000305. The van der Waals surface area contributed by atoms with Gasteiger partial charge in [-0.2, -0.15) is 26.3 Å². The van der Waals surface area contributed by atoms with Gasteiger partial charge in [0.15, 0.2) is 11.6 Å². The summed E-state index contributed by atoms with van der Waals surface area (Å²) in [5.74, 6) is -2.78. The lowest BCUT2D eigenvalue weighted by atomic mass is 9.89. The largest absolute Gasteiger partial charge is 0.456 e. The van der Waals surface area contributed by atoms with Crippen LogP contribution < -0.4 is 0 Å². The number of allylic oxidation sites excluding steroid dienone is 2. The third-order valence-corrected chi connectivity index (χ3v) is 12.0. The number of esters is 2. The molecule has 0 aliphatic carbocycles. The van der Waals surface area contributed by atoms with E-state index in [9.17, 15) is 45.5 Å². The highest BCUT2D eigenvalue weighted by molar-refractivity contribution is 7.99. The minimum absolute atomic E-state index is 0.00492. The highest BCUT2D eigenvalue weighted by atomic mass is 35.5. The predicted octanol–water partition coefficient (Wildman–Crippen LogP) is 16.3. The van der Waals surface area contributed by atoms with Gasteiger partial charge in [0.2, 0.25) is 0 Å². The smallest absolute Gasteiger partial charge is 0.417 e. The van der Waals surface area contributed by atoms with E-state index in [0.717, 1.165) is 12.1 Å². The first-order chi connectivity index (χ1) is 31.3. The van der Waals surface area contributed by atoms with E-state index in [1.54, 1.807) is 85.7 Å². The van der Waals surface area contributed by atoms with Crippen molar-refractivity contribution in [2.75, 3.05) is 0 Å². The lowest BCUT2D eigenvalue weighted by Gasteiger charge is -2.36. The van der Waals surface area contributed by atoms with Crippen LogP contribution in [0.25, 0.3) is 5.57 Å². The molecule has 0 bridgehead atoms. The number of carbonyl (C=O) groups excluding carboxylic acids is 4. The fraction of sp³-hybridized carbons (Fsp3) is 0.294. The molecule has 0 fully saturated rings. The van der Waals surface area contributed by atoms with Gasteiger partial charge in [-0.05, 0) is 150 Å². The first-order valence-electron chi connectivity index (χ1n) is 20.5. The number of thioether (sulfide) groups is 1. The van der Waals surface area contributed by atoms with Crippen LogP contribution in [0.3, 0.4) is 0 Å². The third-order valence-electron chi connectivity index (χ3n) is 9.58. The second-order valence-electron chi connectivity index (χ2n) is 17.5. The van der Waals surface area contributed by atoms with Crippen LogP contribution in [0.4, 0.5) is 26.3 Å². The SMILES string of the molecule is Cc1cc(C(=O)/C=C(\c2cc(Cl)cc(Cl)c2)C(F)(F)F)ccc1C(=O)OC(C)(C)C.Cc1cc(C(=O)CC(SCc2ccccc2)(c2cc(Cl)cc(Cl)c2)C(F)(F)F)ccc1C(=O)OC(C)(C)C. The molecule has 1 unspecified atom stereocenters. The van der Waals surface area contributed by atoms with Crippen molar-refractivity contribution in [3.8, 4) is 0 Å². The van der Waals surface area contributed by atoms with Crippen LogP contribution in [-0.2, 0) is 20.0 Å². The normalized spacial score (nSPS) is 13.2. The van der Waals surface area contributed by atoms with Crippen molar-refractivity contribution in [2.24, 2.45) is 0 Å².